The molecule has 1 aliphatic carbocycles. The lowest BCUT2D eigenvalue weighted by Gasteiger charge is -2.12. The molecule has 0 aliphatic heterocycles. The van der Waals surface area contributed by atoms with Crippen molar-refractivity contribution >= 4 is 22.6 Å². The van der Waals surface area contributed by atoms with Crippen molar-refractivity contribution < 1.29 is 9.90 Å². The number of hydrogen-bond donors (Lipinski definition) is 2. The highest BCUT2D eigenvalue weighted by Gasteiger charge is 2.33. The molecule has 4 heteroatoms. The van der Waals surface area contributed by atoms with Gasteiger partial charge in [0, 0.05) is 17.6 Å². The van der Waals surface area contributed by atoms with E-state index in [1.807, 2.05) is 24.3 Å². The first-order valence-electron chi connectivity index (χ1n) is 6.04. The highest BCUT2D eigenvalue weighted by Crippen LogP contribution is 2.36. The minimum atomic E-state index is -0.941. The van der Waals surface area contributed by atoms with E-state index < -0.39 is 5.97 Å². The van der Waals surface area contributed by atoms with Gasteiger partial charge in [0.25, 0.3) is 0 Å². The summed E-state index contributed by atoms with van der Waals surface area (Å²) in [5, 5.41) is 13.5. The number of aromatic carboxylic acids is 1. The summed E-state index contributed by atoms with van der Waals surface area (Å²) < 4.78 is 0. The number of nitrogens with one attached hydrogen (secondary N) is 1. The van der Waals surface area contributed by atoms with Crippen LogP contribution in [0.4, 0.5) is 5.69 Å². The molecule has 1 aliphatic rings. The average molecular weight is 242 g/mol. The van der Waals surface area contributed by atoms with E-state index in [-0.39, 0.29) is 5.56 Å². The van der Waals surface area contributed by atoms with Crippen LogP contribution < -0.4 is 5.32 Å². The van der Waals surface area contributed by atoms with Crippen molar-refractivity contribution in [1.29, 1.82) is 0 Å². The number of pyridine rings is 1. The number of nitrogens with zero attached hydrogens (tertiary/aromatic N) is 1. The molecule has 2 unspecified atom stereocenters. The molecular formula is C14H14N2O2. The number of carbonyl (C=O) groups is 1. The van der Waals surface area contributed by atoms with Crippen molar-refractivity contribution in [2.75, 3.05) is 5.32 Å². The standard InChI is InChI=1S/C14H14N2O2/c1-8-6-12(8)16-13-9-4-2-3-5-11(9)15-7-10(13)14(17)18/h2-5,7-8,12H,6H2,1H3,(H,15,16)(H,17,18). The van der Waals surface area contributed by atoms with Crippen LogP contribution >= 0.6 is 0 Å². The van der Waals surface area contributed by atoms with Crippen LogP contribution in [0.25, 0.3) is 10.9 Å². The van der Waals surface area contributed by atoms with E-state index in [0.29, 0.717) is 17.6 Å². The van der Waals surface area contributed by atoms with Crippen LogP contribution in [0.1, 0.15) is 23.7 Å². The molecule has 4 nitrogen and oxygen atoms in total. The Bertz CT molecular complexity index is 624. The number of benzene rings is 1. The van der Waals surface area contributed by atoms with Crippen molar-refractivity contribution in [2.24, 2.45) is 5.92 Å². The van der Waals surface area contributed by atoms with E-state index in [1.54, 1.807) is 0 Å². The topological polar surface area (TPSA) is 62.2 Å². The number of rotatable bonds is 3. The Balaban J connectivity index is 2.15. The van der Waals surface area contributed by atoms with Gasteiger partial charge in [-0.05, 0) is 18.4 Å². The maximum Gasteiger partial charge on any atom is 0.339 e. The third-order valence-corrected chi connectivity index (χ3v) is 3.45. The minimum absolute atomic E-state index is 0.243. The number of carboxylic acid groups (broad SMARTS) is 1. The van der Waals surface area contributed by atoms with E-state index in [0.717, 1.165) is 17.3 Å². The zero-order valence-electron chi connectivity index (χ0n) is 10.1. The Labute approximate surface area is 105 Å². The second-order valence-corrected chi connectivity index (χ2v) is 4.83. The Morgan fingerprint density at radius 1 is 1.44 bits per heavy atom. The quantitative estimate of drug-likeness (QED) is 0.868. The minimum Gasteiger partial charge on any atom is -0.478 e. The molecule has 1 saturated carbocycles. The molecular weight excluding hydrogens is 228 g/mol. The second-order valence-electron chi connectivity index (χ2n) is 4.83. The maximum absolute atomic E-state index is 11.3. The lowest BCUT2D eigenvalue weighted by Crippen LogP contribution is -2.10. The lowest BCUT2D eigenvalue weighted by molar-refractivity contribution is 0.0697. The number of anilines is 1. The Hall–Kier alpha value is -2.10. The van der Waals surface area contributed by atoms with Crippen molar-refractivity contribution in [3.8, 4) is 0 Å². The fourth-order valence-corrected chi connectivity index (χ4v) is 2.17. The molecule has 92 valence electrons. The van der Waals surface area contributed by atoms with Crippen LogP contribution in [0.3, 0.4) is 0 Å². The van der Waals surface area contributed by atoms with Crippen molar-refractivity contribution in [3.63, 3.8) is 0 Å². The molecule has 0 spiro atoms. The zero-order chi connectivity index (χ0) is 12.7. The normalized spacial score (nSPS) is 21.8. The lowest BCUT2D eigenvalue weighted by atomic mass is 10.1. The molecule has 2 N–H and O–H groups in total. The average Bonchev–Trinajstić information content (AvgIpc) is 3.05. The molecule has 0 saturated heterocycles. The maximum atomic E-state index is 11.3. The van der Waals surface area contributed by atoms with Crippen molar-refractivity contribution in [3.05, 3.63) is 36.0 Å². The first-order valence-corrected chi connectivity index (χ1v) is 6.04. The first kappa shape index (κ1) is 11.0. The first-order chi connectivity index (χ1) is 8.66. The summed E-state index contributed by atoms with van der Waals surface area (Å²) >= 11 is 0. The van der Waals surface area contributed by atoms with Gasteiger partial charge in [-0.15, -0.1) is 0 Å². The summed E-state index contributed by atoms with van der Waals surface area (Å²) in [5.41, 5.74) is 1.76. The van der Waals surface area contributed by atoms with Crippen molar-refractivity contribution in [2.45, 2.75) is 19.4 Å². The van der Waals surface area contributed by atoms with E-state index in [2.05, 4.69) is 17.2 Å². The number of para-hydroxylation sites is 1. The summed E-state index contributed by atoms with van der Waals surface area (Å²) in [6, 6.07) is 7.98. The molecule has 2 atom stereocenters. The molecule has 0 amide bonds. The van der Waals surface area contributed by atoms with Gasteiger partial charge in [0.15, 0.2) is 0 Å². The highest BCUT2D eigenvalue weighted by atomic mass is 16.4. The van der Waals surface area contributed by atoms with Crippen LogP contribution in [0.15, 0.2) is 30.5 Å². The van der Waals surface area contributed by atoms with E-state index >= 15 is 0 Å². The van der Waals surface area contributed by atoms with Gasteiger partial charge < -0.3 is 10.4 Å². The summed E-state index contributed by atoms with van der Waals surface area (Å²) in [6.45, 7) is 2.15. The fraction of sp³-hybridized carbons (Fsp3) is 0.286. The zero-order valence-corrected chi connectivity index (χ0v) is 10.1. The van der Waals surface area contributed by atoms with Gasteiger partial charge in [0.05, 0.1) is 11.2 Å². The van der Waals surface area contributed by atoms with Gasteiger partial charge in [0.1, 0.15) is 5.56 Å². The predicted molar refractivity (Wildman–Crippen MR) is 69.9 cm³/mol. The van der Waals surface area contributed by atoms with Crippen molar-refractivity contribution in [1.82, 2.24) is 4.98 Å². The van der Waals surface area contributed by atoms with Crippen LogP contribution in [0, 0.1) is 5.92 Å². The van der Waals surface area contributed by atoms with Gasteiger partial charge >= 0.3 is 5.97 Å². The van der Waals surface area contributed by atoms with E-state index in [4.69, 9.17) is 0 Å². The fourth-order valence-electron chi connectivity index (χ4n) is 2.17. The predicted octanol–water partition coefficient (Wildman–Crippen LogP) is 2.75. The summed E-state index contributed by atoms with van der Waals surface area (Å²) in [4.78, 5) is 15.5. The molecule has 0 radical (unpaired) electrons. The van der Waals surface area contributed by atoms with Crippen LogP contribution in [0.5, 0.6) is 0 Å². The monoisotopic (exact) mass is 242 g/mol. The molecule has 1 aromatic heterocycles. The van der Waals surface area contributed by atoms with Gasteiger partial charge in [-0.3, -0.25) is 4.98 Å². The summed E-state index contributed by atoms with van der Waals surface area (Å²) in [6.07, 6.45) is 2.52. The largest absolute Gasteiger partial charge is 0.478 e. The van der Waals surface area contributed by atoms with Gasteiger partial charge in [-0.25, -0.2) is 4.79 Å². The Morgan fingerprint density at radius 2 is 2.17 bits per heavy atom. The summed E-state index contributed by atoms with van der Waals surface area (Å²) in [5.74, 6) is -0.331. The Morgan fingerprint density at radius 3 is 2.83 bits per heavy atom. The molecule has 18 heavy (non-hydrogen) atoms. The highest BCUT2D eigenvalue weighted by molar-refractivity contribution is 6.04. The third kappa shape index (κ3) is 1.79. The Kier molecular flexibility index (Phi) is 2.44. The van der Waals surface area contributed by atoms with Gasteiger partial charge in [0.2, 0.25) is 0 Å². The molecule has 1 fully saturated rings. The van der Waals surface area contributed by atoms with Gasteiger partial charge in [-0.2, -0.15) is 0 Å². The molecule has 3 rings (SSSR count). The third-order valence-electron chi connectivity index (χ3n) is 3.45. The summed E-state index contributed by atoms with van der Waals surface area (Å²) in [7, 11) is 0. The number of fused-ring (bicyclic) bond motifs is 1. The van der Waals surface area contributed by atoms with E-state index in [1.165, 1.54) is 6.20 Å². The van der Waals surface area contributed by atoms with Crippen LogP contribution in [0.2, 0.25) is 0 Å². The second kappa shape index (κ2) is 3.98. The number of aromatic nitrogens is 1. The smallest absolute Gasteiger partial charge is 0.339 e. The van der Waals surface area contributed by atoms with Crippen LogP contribution in [-0.2, 0) is 0 Å². The molecule has 1 heterocycles. The van der Waals surface area contributed by atoms with Gasteiger partial charge in [-0.1, -0.05) is 25.1 Å². The number of carboxylic acids is 1. The SMILES string of the molecule is CC1CC1Nc1c(C(=O)O)cnc2ccccc12. The molecule has 2 aromatic rings. The van der Waals surface area contributed by atoms with E-state index in [9.17, 15) is 9.90 Å². The van der Waals surface area contributed by atoms with Crippen LogP contribution in [-0.4, -0.2) is 22.1 Å². The molecule has 1 aromatic carbocycles. The molecule has 0 bridgehead atoms. The number of hydrogen-bond acceptors (Lipinski definition) is 3.